The van der Waals surface area contributed by atoms with Gasteiger partial charge in [0.05, 0.1) is 0 Å². The van der Waals surface area contributed by atoms with E-state index < -0.39 is 24.3 Å². The first kappa shape index (κ1) is 13.1. The smallest absolute Gasteiger partial charge is 0.299 e. The quantitative estimate of drug-likeness (QED) is 0.557. The lowest BCUT2D eigenvalue weighted by Crippen LogP contribution is -2.29. The molecule has 0 bridgehead atoms. The van der Waals surface area contributed by atoms with E-state index in [2.05, 4.69) is 0 Å². The Morgan fingerprint density at radius 1 is 0.812 bits per heavy atom. The molecule has 1 aromatic carbocycles. The van der Waals surface area contributed by atoms with Gasteiger partial charge in [0.1, 0.15) is 0 Å². The minimum absolute atomic E-state index is 0.557. The Morgan fingerprint density at radius 3 is 1.50 bits per heavy atom. The summed E-state index contributed by atoms with van der Waals surface area (Å²) in [6, 6.07) is 4.29. The second-order valence-corrected chi connectivity index (χ2v) is 5.63. The molecule has 0 fully saturated rings. The molecule has 1 rings (SSSR count). The van der Waals surface area contributed by atoms with Gasteiger partial charge in [0, 0.05) is 5.30 Å². The van der Waals surface area contributed by atoms with Crippen LogP contribution in [-0.4, -0.2) is 11.8 Å². The van der Waals surface area contributed by atoms with Crippen LogP contribution >= 0.6 is 7.14 Å². The third-order valence-electron chi connectivity index (χ3n) is 1.83. The van der Waals surface area contributed by atoms with Crippen molar-refractivity contribution in [2.75, 3.05) is 0 Å². The minimum atomic E-state index is -6.44. The number of benzene rings is 1. The lowest BCUT2D eigenvalue weighted by molar-refractivity contribution is -0.0913. The monoisotopic (exact) mass is 262 g/mol. The summed E-state index contributed by atoms with van der Waals surface area (Å²) in [6.07, 6.45) is 0. The maximum atomic E-state index is 12.3. The van der Waals surface area contributed by atoms with Crippen LogP contribution in [0.3, 0.4) is 0 Å². The summed E-state index contributed by atoms with van der Waals surface area (Å²) in [7, 11) is -6.44. The van der Waals surface area contributed by atoms with E-state index in [1.54, 1.807) is 0 Å². The molecule has 1 nitrogen and oxygen atoms in total. The average Bonchev–Trinajstić information content (AvgIpc) is 2.14. The summed E-state index contributed by atoms with van der Waals surface area (Å²) >= 11 is 0. The largest absolute Gasteiger partial charge is 0.453 e. The molecule has 0 amide bonds. The molecule has 0 aromatic heterocycles. The van der Waals surface area contributed by atoms with Crippen LogP contribution in [-0.2, 0) is 4.57 Å². The standard InChI is InChI=1S/C8H5F6OP/c9-7(10,11)16(15,8(12,13)14)6-4-2-1-3-5-6/h1-5H. The Bertz CT molecular complexity index is 389. The molecule has 0 aliphatic carbocycles. The topological polar surface area (TPSA) is 17.1 Å². The first-order valence-corrected chi connectivity index (χ1v) is 5.60. The molecule has 8 heteroatoms. The van der Waals surface area contributed by atoms with Gasteiger partial charge in [-0.05, 0) is 0 Å². The highest BCUT2D eigenvalue weighted by Crippen LogP contribution is 2.70. The van der Waals surface area contributed by atoms with Crippen molar-refractivity contribution in [3.63, 3.8) is 0 Å². The van der Waals surface area contributed by atoms with Crippen molar-refractivity contribution in [2.45, 2.75) is 11.8 Å². The van der Waals surface area contributed by atoms with Crippen LogP contribution in [0.5, 0.6) is 0 Å². The fraction of sp³-hybridized carbons (Fsp3) is 0.250. The summed E-state index contributed by atoms with van der Waals surface area (Å²) in [5.41, 5.74) is 0. The molecule has 0 unspecified atom stereocenters. The van der Waals surface area contributed by atoms with E-state index in [1.165, 1.54) is 6.07 Å². The molecule has 0 atom stereocenters. The van der Waals surface area contributed by atoms with E-state index in [1.807, 2.05) is 0 Å². The third-order valence-corrected chi connectivity index (χ3v) is 4.29. The van der Waals surface area contributed by atoms with Crippen LogP contribution in [0.25, 0.3) is 0 Å². The number of hydrogen-bond acceptors (Lipinski definition) is 1. The first-order valence-electron chi connectivity index (χ1n) is 3.90. The highest BCUT2D eigenvalue weighted by molar-refractivity contribution is 7.73. The van der Waals surface area contributed by atoms with Gasteiger partial charge in [0.25, 0.3) is 0 Å². The Labute approximate surface area is 86.4 Å². The first-order chi connectivity index (χ1) is 7.11. The molecule has 0 radical (unpaired) electrons. The van der Waals surface area contributed by atoms with E-state index in [0.29, 0.717) is 12.1 Å². The van der Waals surface area contributed by atoms with E-state index in [4.69, 9.17) is 0 Å². The maximum absolute atomic E-state index is 12.3. The summed E-state index contributed by atoms with van der Waals surface area (Å²) < 4.78 is 85.0. The van der Waals surface area contributed by atoms with Gasteiger partial charge in [0.15, 0.2) is 0 Å². The second-order valence-electron chi connectivity index (χ2n) is 2.88. The minimum Gasteiger partial charge on any atom is -0.299 e. The SMILES string of the molecule is O=P(c1ccccc1)(C(F)(F)F)C(F)(F)F. The lowest BCUT2D eigenvalue weighted by atomic mass is 10.4. The van der Waals surface area contributed by atoms with Crippen molar-refractivity contribution in [3.8, 4) is 0 Å². The predicted molar refractivity (Wildman–Crippen MR) is 45.8 cm³/mol. The highest BCUT2D eigenvalue weighted by atomic mass is 31.2. The Kier molecular flexibility index (Phi) is 3.11. The molecule has 16 heavy (non-hydrogen) atoms. The molecular weight excluding hydrogens is 257 g/mol. The van der Waals surface area contributed by atoms with Crippen LogP contribution in [0, 0.1) is 0 Å². The van der Waals surface area contributed by atoms with Gasteiger partial charge < -0.3 is 0 Å². The fourth-order valence-electron chi connectivity index (χ4n) is 1.07. The normalized spacial score (nSPS) is 13.9. The van der Waals surface area contributed by atoms with Gasteiger partial charge in [-0.3, -0.25) is 4.57 Å². The van der Waals surface area contributed by atoms with Crippen molar-refractivity contribution in [3.05, 3.63) is 30.3 Å². The molecule has 0 saturated heterocycles. The molecule has 90 valence electrons. The zero-order valence-electron chi connectivity index (χ0n) is 7.51. The van der Waals surface area contributed by atoms with Crippen molar-refractivity contribution in [1.29, 1.82) is 0 Å². The summed E-state index contributed by atoms with van der Waals surface area (Å²) in [4.78, 5) is 0. The van der Waals surface area contributed by atoms with Crippen LogP contribution in [0.15, 0.2) is 30.3 Å². The zero-order valence-corrected chi connectivity index (χ0v) is 8.40. The van der Waals surface area contributed by atoms with Gasteiger partial charge in [-0.1, -0.05) is 30.3 Å². The van der Waals surface area contributed by atoms with Crippen molar-refractivity contribution in [1.82, 2.24) is 0 Å². The van der Waals surface area contributed by atoms with Gasteiger partial charge in [-0.2, -0.15) is 26.3 Å². The number of alkyl halides is 6. The number of rotatable bonds is 1. The molecule has 0 aliphatic rings. The predicted octanol–water partition coefficient (Wildman–Crippen LogP) is 3.71. The van der Waals surface area contributed by atoms with E-state index >= 15 is 0 Å². The van der Waals surface area contributed by atoms with Crippen LogP contribution in [0.2, 0.25) is 0 Å². The van der Waals surface area contributed by atoms with E-state index in [9.17, 15) is 30.9 Å². The van der Waals surface area contributed by atoms with Crippen LogP contribution < -0.4 is 5.30 Å². The molecule has 0 spiro atoms. The molecular formula is C8H5F6OP. The van der Waals surface area contributed by atoms with Gasteiger partial charge in [-0.25, -0.2) is 0 Å². The van der Waals surface area contributed by atoms with Gasteiger partial charge in [0.2, 0.25) is 0 Å². The lowest BCUT2D eigenvalue weighted by Gasteiger charge is -2.23. The van der Waals surface area contributed by atoms with Gasteiger partial charge >= 0.3 is 19.0 Å². The number of hydrogen-bond donors (Lipinski definition) is 0. The number of halogens is 6. The third kappa shape index (κ3) is 1.96. The van der Waals surface area contributed by atoms with Crippen molar-refractivity contribution >= 4 is 12.4 Å². The van der Waals surface area contributed by atoms with Crippen molar-refractivity contribution < 1.29 is 30.9 Å². The summed E-state index contributed by atoms with van der Waals surface area (Å²) in [6.45, 7) is 0. The maximum Gasteiger partial charge on any atom is 0.453 e. The summed E-state index contributed by atoms with van der Waals surface area (Å²) in [5.74, 6) is -11.7. The Morgan fingerprint density at radius 2 is 1.19 bits per heavy atom. The van der Waals surface area contributed by atoms with Gasteiger partial charge in [-0.15, -0.1) is 0 Å². The second kappa shape index (κ2) is 3.80. The van der Waals surface area contributed by atoms with Crippen LogP contribution in [0.1, 0.15) is 0 Å². The van der Waals surface area contributed by atoms with E-state index in [-0.39, 0.29) is 0 Å². The van der Waals surface area contributed by atoms with Crippen LogP contribution in [0.4, 0.5) is 26.3 Å². The molecule has 1 aromatic rings. The summed E-state index contributed by atoms with van der Waals surface area (Å²) in [5, 5.41) is -1.25. The Hall–Kier alpha value is -0.970. The highest BCUT2D eigenvalue weighted by Gasteiger charge is 2.68. The zero-order chi connectivity index (χ0) is 12.6. The fourth-order valence-corrected chi connectivity index (χ4v) is 2.54. The molecule has 0 aliphatic heterocycles. The average molecular weight is 262 g/mol. The molecule has 0 heterocycles. The molecule has 0 saturated carbocycles. The Balaban J connectivity index is 3.46. The van der Waals surface area contributed by atoms with Crippen molar-refractivity contribution in [2.24, 2.45) is 0 Å². The van der Waals surface area contributed by atoms with E-state index in [0.717, 1.165) is 12.1 Å². The molecule has 0 N–H and O–H groups in total.